The van der Waals surface area contributed by atoms with Crippen molar-refractivity contribution in [1.82, 2.24) is 4.90 Å². The highest BCUT2D eigenvalue weighted by molar-refractivity contribution is 5.06. The van der Waals surface area contributed by atoms with Crippen molar-refractivity contribution in [2.24, 2.45) is 5.73 Å². The summed E-state index contributed by atoms with van der Waals surface area (Å²) in [4.78, 5) is 2.54. The molecule has 0 aliphatic carbocycles. The fourth-order valence-corrected chi connectivity index (χ4v) is 1.82. The smallest absolute Gasteiger partial charge is 0.00388 e. The molecule has 0 aromatic heterocycles. The van der Waals surface area contributed by atoms with Gasteiger partial charge in [0.15, 0.2) is 0 Å². The van der Waals surface area contributed by atoms with Crippen LogP contribution in [0.4, 0.5) is 0 Å². The van der Waals surface area contributed by atoms with Crippen molar-refractivity contribution >= 4 is 0 Å². The Balaban J connectivity index is 2.30. The molecule has 1 aliphatic heterocycles. The molecule has 0 bridgehead atoms. The first-order chi connectivity index (χ1) is 6.24. The standard InChI is InChI=1S/C11H22N2/c1-10(2)13-8-5-11(6-9-13)4-3-7-12/h4,10H,3,5-9,12H2,1-2H3. The second-order valence-electron chi connectivity index (χ2n) is 4.07. The molecule has 0 unspecified atom stereocenters. The van der Waals surface area contributed by atoms with Crippen molar-refractivity contribution in [1.29, 1.82) is 0 Å². The Morgan fingerprint density at radius 1 is 1.38 bits per heavy atom. The Kier molecular flexibility index (Phi) is 4.46. The summed E-state index contributed by atoms with van der Waals surface area (Å²) in [6, 6.07) is 0.705. The van der Waals surface area contributed by atoms with E-state index in [-0.39, 0.29) is 0 Å². The summed E-state index contributed by atoms with van der Waals surface area (Å²) in [5.74, 6) is 0. The third kappa shape index (κ3) is 3.49. The Hall–Kier alpha value is -0.340. The molecule has 1 aliphatic rings. The lowest BCUT2D eigenvalue weighted by Crippen LogP contribution is -2.36. The molecule has 2 nitrogen and oxygen atoms in total. The van der Waals surface area contributed by atoms with Gasteiger partial charge in [0, 0.05) is 19.1 Å². The molecule has 0 atom stereocenters. The lowest BCUT2D eigenvalue weighted by molar-refractivity contribution is 0.207. The van der Waals surface area contributed by atoms with Gasteiger partial charge in [0.1, 0.15) is 0 Å². The Bertz CT molecular complexity index is 163. The highest BCUT2D eigenvalue weighted by atomic mass is 15.1. The van der Waals surface area contributed by atoms with Gasteiger partial charge < -0.3 is 10.6 Å². The summed E-state index contributed by atoms with van der Waals surface area (Å²) in [5, 5.41) is 0. The molecular weight excluding hydrogens is 160 g/mol. The first kappa shape index (κ1) is 10.7. The van der Waals surface area contributed by atoms with Crippen LogP contribution in [0, 0.1) is 0 Å². The quantitative estimate of drug-likeness (QED) is 0.674. The number of nitrogens with two attached hydrogens (primary N) is 1. The zero-order valence-electron chi connectivity index (χ0n) is 8.92. The van der Waals surface area contributed by atoms with Crippen molar-refractivity contribution in [3.63, 3.8) is 0 Å². The molecule has 1 heterocycles. The Labute approximate surface area is 81.8 Å². The van der Waals surface area contributed by atoms with Gasteiger partial charge in [-0.3, -0.25) is 0 Å². The van der Waals surface area contributed by atoms with Crippen LogP contribution in [-0.2, 0) is 0 Å². The third-order valence-electron chi connectivity index (χ3n) is 2.77. The first-order valence-electron chi connectivity index (χ1n) is 5.36. The van der Waals surface area contributed by atoms with Gasteiger partial charge in [0.25, 0.3) is 0 Å². The zero-order chi connectivity index (χ0) is 9.68. The summed E-state index contributed by atoms with van der Waals surface area (Å²) in [6.45, 7) is 7.79. The molecular formula is C11H22N2. The van der Waals surface area contributed by atoms with Crippen molar-refractivity contribution in [2.45, 2.75) is 39.2 Å². The van der Waals surface area contributed by atoms with Crippen LogP contribution in [0.1, 0.15) is 33.1 Å². The predicted molar refractivity (Wildman–Crippen MR) is 57.7 cm³/mol. The summed E-state index contributed by atoms with van der Waals surface area (Å²) in [5.41, 5.74) is 7.08. The average Bonchev–Trinajstić information content (AvgIpc) is 2.15. The minimum atomic E-state index is 0.705. The van der Waals surface area contributed by atoms with Crippen LogP contribution in [0.15, 0.2) is 11.6 Å². The minimum absolute atomic E-state index is 0.705. The van der Waals surface area contributed by atoms with Gasteiger partial charge in [-0.25, -0.2) is 0 Å². The molecule has 0 spiro atoms. The van der Waals surface area contributed by atoms with Gasteiger partial charge in [-0.05, 0) is 39.7 Å². The topological polar surface area (TPSA) is 29.3 Å². The van der Waals surface area contributed by atoms with Gasteiger partial charge in [-0.1, -0.05) is 11.6 Å². The van der Waals surface area contributed by atoms with E-state index in [0.717, 1.165) is 13.0 Å². The second-order valence-corrected chi connectivity index (χ2v) is 4.07. The molecule has 0 aromatic rings. The van der Waals surface area contributed by atoms with E-state index in [1.165, 1.54) is 25.9 Å². The maximum Gasteiger partial charge on any atom is 0.00388 e. The van der Waals surface area contributed by atoms with E-state index in [9.17, 15) is 0 Å². The largest absolute Gasteiger partial charge is 0.330 e. The van der Waals surface area contributed by atoms with Gasteiger partial charge in [0.2, 0.25) is 0 Å². The van der Waals surface area contributed by atoms with Crippen LogP contribution < -0.4 is 5.73 Å². The summed E-state index contributed by atoms with van der Waals surface area (Å²) in [6.07, 6.45) is 5.88. The van der Waals surface area contributed by atoms with E-state index < -0.39 is 0 Å². The number of piperidine rings is 1. The number of hydrogen-bond donors (Lipinski definition) is 1. The lowest BCUT2D eigenvalue weighted by Gasteiger charge is -2.31. The molecule has 0 radical (unpaired) electrons. The molecule has 0 saturated carbocycles. The van der Waals surface area contributed by atoms with Crippen LogP contribution in [-0.4, -0.2) is 30.6 Å². The molecule has 0 aromatic carbocycles. The number of likely N-dealkylation sites (tertiary alicyclic amines) is 1. The fourth-order valence-electron chi connectivity index (χ4n) is 1.82. The van der Waals surface area contributed by atoms with Crippen LogP contribution >= 0.6 is 0 Å². The highest BCUT2D eigenvalue weighted by Crippen LogP contribution is 2.17. The van der Waals surface area contributed by atoms with Crippen LogP contribution in [0.3, 0.4) is 0 Å². The van der Waals surface area contributed by atoms with Crippen molar-refractivity contribution in [3.05, 3.63) is 11.6 Å². The summed E-state index contributed by atoms with van der Waals surface area (Å²) < 4.78 is 0. The lowest BCUT2D eigenvalue weighted by atomic mass is 10.0. The zero-order valence-corrected chi connectivity index (χ0v) is 8.92. The van der Waals surface area contributed by atoms with Crippen molar-refractivity contribution < 1.29 is 0 Å². The average molecular weight is 182 g/mol. The molecule has 2 N–H and O–H groups in total. The summed E-state index contributed by atoms with van der Waals surface area (Å²) in [7, 11) is 0. The molecule has 1 fully saturated rings. The van der Waals surface area contributed by atoms with Crippen LogP contribution in [0.5, 0.6) is 0 Å². The Morgan fingerprint density at radius 2 is 2.00 bits per heavy atom. The monoisotopic (exact) mass is 182 g/mol. The maximum atomic E-state index is 5.47. The molecule has 0 amide bonds. The molecule has 2 heteroatoms. The van der Waals surface area contributed by atoms with E-state index in [1.807, 2.05) is 0 Å². The van der Waals surface area contributed by atoms with E-state index in [2.05, 4.69) is 24.8 Å². The van der Waals surface area contributed by atoms with Gasteiger partial charge in [-0.15, -0.1) is 0 Å². The van der Waals surface area contributed by atoms with E-state index >= 15 is 0 Å². The van der Waals surface area contributed by atoms with Gasteiger partial charge in [0.05, 0.1) is 0 Å². The number of nitrogens with zero attached hydrogens (tertiary/aromatic N) is 1. The third-order valence-corrected chi connectivity index (χ3v) is 2.77. The molecule has 13 heavy (non-hydrogen) atoms. The van der Waals surface area contributed by atoms with E-state index in [0.29, 0.717) is 6.04 Å². The second kappa shape index (κ2) is 5.40. The first-order valence-corrected chi connectivity index (χ1v) is 5.36. The van der Waals surface area contributed by atoms with Crippen LogP contribution in [0.2, 0.25) is 0 Å². The van der Waals surface area contributed by atoms with Crippen molar-refractivity contribution in [3.8, 4) is 0 Å². The highest BCUT2D eigenvalue weighted by Gasteiger charge is 2.15. The predicted octanol–water partition coefficient (Wildman–Crippen LogP) is 1.77. The number of hydrogen-bond acceptors (Lipinski definition) is 2. The van der Waals surface area contributed by atoms with Crippen molar-refractivity contribution in [2.75, 3.05) is 19.6 Å². The number of rotatable bonds is 3. The molecule has 1 saturated heterocycles. The normalized spacial score (nSPS) is 19.5. The van der Waals surface area contributed by atoms with Crippen LogP contribution in [0.25, 0.3) is 0 Å². The van der Waals surface area contributed by atoms with Gasteiger partial charge in [-0.2, -0.15) is 0 Å². The minimum Gasteiger partial charge on any atom is -0.330 e. The molecule has 1 rings (SSSR count). The Morgan fingerprint density at radius 3 is 2.46 bits per heavy atom. The molecule has 76 valence electrons. The van der Waals surface area contributed by atoms with E-state index in [1.54, 1.807) is 5.57 Å². The van der Waals surface area contributed by atoms with E-state index in [4.69, 9.17) is 5.73 Å². The fraction of sp³-hybridized carbons (Fsp3) is 0.818. The van der Waals surface area contributed by atoms with Gasteiger partial charge >= 0.3 is 0 Å². The SMILES string of the molecule is CC(C)N1CCC(=CCCN)CC1. The summed E-state index contributed by atoms with van der Waals surface area (Å²) >= 11 is 0. The maximum absolute atomic E-state index is 5.47.